The molecule has 1 radical (unpaired) electrons. The Morgan fingerprint density at radius 3 is 2.56 bits per heavy atom. The molecular formula is C5H3ClN3. The maximum Gasteiger partial charge on any atom is 0.183 e. The maximum absolute atomic E-state index is 8.29. The topological polar surface area (TPSA) is 50.2 Å². The van der Waals surface area contributed by atoms with E-state index in [0.29, 0.717) is 10.7 Å². The van der Waals surface area contributed by atoms with E-state index in [0.717, 1.165) is 0 Å². The van der Waals surface area contributed by atoms with E-state index < -0.39 is 0 Å². The van der Waals surface area contributed by atoms with Crippen LogP contribution in [0, 0.1) is 11.3 Å². The van der Waals surface area contributed by atoms with E-state index in [9.17, 15) is 0 Å². The van der Waals surface area contributed by atoms with Gasteiger partial charge in [0.1, 0.15) is 11.1 Å². The van der Waals surface area contributed by atoms with Crippen LogP contribution >= 0.6 is 11.6 Å². The molecule has 1 heterocycles. The first-order valence-corrected chi connectivity index (χ1v) is 2.69. The van der Waals surface area contributed by atoms with E-state index in [1.165, 1.54) is 0 Å². The molecule has 4 heteroatoms. The van der Waals surface area contributed by atoms with E-state index >= 15 is 0 Å². The zero-order valence-electron chi connectivity index (χ0n) is 4.72. The van der Waals surface area contributed by atoms with E-state index in [2.05, 4.69) is 10.5 Å². The lowest BCUT2D eigenvalue weighted by Crippen LogP contribution is -1.87. The third kappa shape index (κ3) is 0.889. The second kappa shape index (κ2) is 2.08. The van der Waals surface area contributed by atoms with Gasteiger partial charge in [0.2, 0.25) is 0 Å². The summed E-state index contributed by atoms with van der Waals surface area (Å²) in [5.74, 6) is 0. The average Bonchev–Trinajstić information content (AvgIpc) is 2.15. The maximum atomic E-state index is 8.29. The number of halogens is 1. The van der Waals surface area contributed by atoms with Crippen LogP contribution in [-0.4, -0.2) is 5.71 Å². The zero-order valence-corrected chi connectivity index (χ0v) is 5.48. The van der Waals surface area contributed by atoms with Gasteiger partial charge in [-0.1, -0.05) is 11.6 Å². The van der Waals surface area contributed by atoms with Crippen LogP contribution < -0.4 is 5.43 Å². The van der Waals surface area contributed by atoms with Gasteiger partial charge in [-0.25, -0.2) is 0 Å². The van der Waals surface area contributed by atoms with Crippen molar-refractivity contribution in [2.45, 2.75) is 6.92 Å². The number of nitriles is 1. The Labute approximate surface area is 57.6 Å². The van der Waals surface area contributed by atoms with Crippen LogP contribution in [0.5, 0.6) is 0 Å². The van der Waals surface area contributed by atoms with Crippen LogP contribution in [0.3, 0.4) is 0 Å². The van der Waals surface area contributed by atoms with Crippen LogP contribution in [0.1, 0.15) is 6.92 Å². The molecule has 0 bridgehead atoms. The number of allylic oxidation sites excluding steroid dienone is 2. The minimum atomic E-state index is 0.203. The van der Waals surface area contributed by atoms with Gasteiger partial charge in [0.15, 0.2) is 5.71 Å². The monoisotopic (exact) mass is 140 g/mol. The van der Waals surface area contributed by atoms with Crippen LogP contribution in [0.25, 0.3) is 0 Å². The summed E-state index contributed by atoms with van der Waals surface area (Å²) < 4.78 is 0. The summed E-state index contributed by atoms with van der Waals surface area (Å²) in [4.78, 5) is 0. The van der Waals surface area contributed by atoms with Crippen LogP contribution in [0.2, 0.25) is 0 Å². The molecule has 0 aromatic rings. The van der Waals surface area contributed by atoms with Crippen molar-refractivity contribution in [2.24, 2.45) is 5.10 Å². The van der Waals surface area contributed by atoms with Crippen molar-refractivity contribution in [1.82, 2.24) is 5.43 Å². The van der Waals surface area contributed by atoms with Gasteiger partial charge in [0.05, 0.1) is 5.70 Å². The predicted molar refractivity (Wildman–Crippen MR) is 33.7 cm³/mol. The highest BCUT2D eigenvalue weighted by molar-refractivity contribution is 6.47. The minimum Gasteiger partial charge on any atom is -0.191 e. The summed E-state index contributed by atoms with van der Waals surface area (Å²) in [5, 5.41) is 12.1. The van der Waals surface area contributed by atoms with E-state index in [1.807, 2.05) is 6.07 Å². The molecule has 0 saturated heterocycles. The van der Waals surface area contributed by atoms with Gasteiger partial charge in [0.25, 0.3) is 0 Å². The van der Waals surface area contributed by atoms with Gasteiger partial charge in [-0.15, -0.1) is 5.10 Å². The fraction of sp³-hybridized carbons (Fsp3) is 0.200. The molecule has 0 amide bonds. The van der Waals surface area contributed by atoms with Crippen molar-refractivity contribution >= 4 is 17.3 Å². The van der Waals surface area contributed by atoms with Crippen LogP contribution in [-0.2, 0) is 0 Å². The second-order valence-electron chi connectivity index (χ2n) is 1.56. The Hall–Kier alpha value is -1.01. The molecule has 1 aliphatic heterocycles. The summed E-state index contributed by atoms with van der Waals surface area (Å²) in [7, 11) is 0. The molecule has 45 valence electrons. The molecule has 9 heavy (non-hydrogen) atoms. The van der Waals surface area contributed by atoms with E-state index in [-0.39, 0.29) is 5.71 Å². The van der Waals surface area contributed by atoms with Crippen molar-refractivity contribution in [2.75, 3.05) is 0 Å². The normalized spacial score (nSPS) is 16.8. The highest BCUT2D eigenvalue weighted by Crippen LogP contribution is 2.14. The molecule has 0 spiro atoms. The largest absolute Gasteiger partial charge is 0.191 e. The molecule has 0 aromatic heterocycles. The molecule has 0 aromatic carbocycles. The molecule has 0 unspecified atom stereocenters. The predicted octanol–water partition coefficient (Wildman–Crippen LogP) is 0.954. The third-order valence-corrected chi connectivity index (χ3v) is 1.38. The molecule has 0 aliphatic carbocycles. The van der Waals surface area contributed by atoms with Crippen molar-refractivity contribution in [3.05, 3.63) is 10.7 Å². The Morgan fingerprint density at radius 1 is 1.67 bits per heavy atom. The van der Waals surface area contributed by atoms with E-state index in [4.69, 9.17) is 16.9 Å². The Bertz CT molecular complexity index is 233. The second-order valence-corrected chi connectivity index (χ2v) is 1.94. The number of hydrogen-bond donors (Lipinski definition) is 0. The number of hydrogen-bond acceptors (Lipinski definition) is 2. The summed E-state index contributed by atoms with van der Waals surface area (Å²) in [6.07, 6.45) is 0. The molecule has 1 rings (SSSR count). The fourth-order valence-corrected chi connectivity index (χ4v) is 0.573. The summed E-state index contributed by atoms with van der Waals surface area (Å²) >= 11 is 5.56. The van der Waals surface area contributed by atoms with Crippen molar-refractivity contribution in [1.29, 1.82) is 5.26 Å². The molecular weight excluding hydrogens is 138 g/mol. The minimum absolute atomic E-state index is 0.203. The first kappa shape index (κ1) is 6.12. The Morgan fingerprint density at radius 2 is 2.33 bits per heavy atom. The molecule has 0 atom stereocenters. The summed E-state index contributed by atoms with van der Waals surface area (Å²) in [6, 6.07) is 1.81. The van der Waals surface area contributed by atoms with E-state index in [1.54, 1.807) is 6.92 Å². The lowest BCUT2D eigenvalue weighted by molar-refractivity contribution is 0.894. The first-order valence-electron chi connectivity index (χ1n) is 2.31. The molecule has 1 aliphatic rings. The van der Waals surface area contributed by atoms with Gasteiger partial charge in [-0.2, -0.15) is 10.7 Å². The van der Waals surface area contributed by atoms with Gasteiger partial charge < -0.3 is 0 Å². The first-order chi connectivity index (χ1) is 4.25. The standard InChI is InChI=1S/C5H3ClN3/c1-3-5(6)4(2-7)9-8-3/h1H3. The smallest absolute Gasteiger partial charge is 0.183 e. The van der Waals surface area contributed by atoms with Gasteiger partial charge in [-0.05, 0) is 6.92 Å². The Balaban J connectivity index is 2.95. The average molecular weight is 141 g/mol. The third-order valence-electron chi connectivity index (χ3n) is 0.931. The molecule has 0 fully saturated rings. The van der Waals surface area contributed by atoms with Gasteiger partial charge in [-0.3, -0.25) is 0 Å². The van der Waals surface area contributed by atoms with Crippen molar-refractivity contribution in [3.8, 4) is 6.07 Å². The van der Waals surface area contributed by atoms with Gasteiger partial charge in [0, 0.05) is 0 Å². The summed E-state index contributed by atoms with van der Waals surface area (Å²) in [6.45, 7) is 1.70. The lowest BCUT2D eigenvalue weighted by Gasteiger charge is -1.83. The lowest BCUT2D eigenvalue weighted by atomic mass is 10.3. The van der Waals surface area contributed by atoms with Crippen molar-refractivity contribution < 1.29 is 0 Å². The highest BCUT2D eigenvalue weighted by atomic mass is 35.5. The van der Waals surface area contributed by atoms with Crippen molar-refractivity contribution in [3.63, 3.8) is 0 Å². The zero-order chi connectivity index (χ0) is 6.85. The molecule has 0 N–H and O–H groups in total. The summed E-state index contributed by atoms with van der Waals surface area (Å²) in [5.41, 5.74) is 4.39. The number of nitrogens with zero attached hydrogens (tertiary/aromatic N) is 3. The SMILES string of the molecule is CC1=C(Cl)C(C#N)=N[N]1. The highest BCUT2D eigenvalue weighted by Gasteiger charge is 2.14. The number of rotatable bonds is 0. The quantitative estimate of drug-likeness (QED) is 0.494. The van der Waals surface area contributed by atoms with Crippen LogP contribution in [0.15, 0.2) is 15.8 Å². The molecule has 0 saturated carbocycles. The van der Waals surface area contributed by atoms with Gasteiger partial charge >= 0.3 is 0 Å². The fourth-order valence-electron chi connectivity index (χ4n) is 0.456. The Kier molecular flexibility index (Phi) is 1.41. The van der Waals surface area contributed by atoms with Crippen LogP contribution in [0.4, 0.5) is 0 Å². The molecule has 3 nitrogen and oxygen atoms in total.